The molecule has 1 aromatic heterocycles. The number of carbonyl (C=O) groups is 1. The van der Waals surface area contributed by atoms with Crippen LogP contribution in [0.1, 0.15) is 47.3 Å². The molecule has 1 aromatic rings. The standard InChI is InChI=1S/C19H25N5O.H2/c1-12(2)16(18-21-6-5-7-22-18)11-17(20-4)23-19(25)24-14-8-13(3)9-15(24)10-14;/h5-7,11,13-15H,4,8-10H2,1-3H3,(H,23,25);1H/b17-11+;. The first-order chi connectivity index (χ1) is 12.0. The summed E-state index contributed by atoms with van der Waals surface area (Å²) < 4.78 is 0. The Balaban J connectivity index is 0.00000243. The third-order valence-corrected chi connectivity index (χ3v) is 4.95. The smallest absolute Gasteiger partial charge is 0.318 e. The summed E-state index contributed by atoms with van der Waals surface area (Å²) in [6, 6.07) is 2.41. The second-order valence-electron chi connectivity index (χ2n) is 7.13. The van der Waals surface area contributed by atoms with Crippen molar-refractivity contribution in [1.82, 2.24) is 20.2 Å². The Bertz CT molecular complexity index is 715. The van der Waals surface area contributed by atoms with Crippen molar-refractivity contribution >= 4 is 18.3 Å². The molecule has 0 aromatic carbocycles. The fraction of sp³-hybridized carbons (Fsp3) is 0.474. The Kier molecular flexibility index (Phi) is 4.97. The summed E-state index contributed by atoms with van der Waals surface area (Å²) in [5.41, 5.74) is 1.87. The number of allylic oxidation sites excluding steroid dienone is 3. The maximum absolute atomic E-state index is 12.6. The van der Waals surface area contributed by atoms with Gasteiger partial charge in [-0.15, -0.1) is 0 Å². The van der Waals surface area contributed by atoms with Crippen LogP contribution in [0.2, 0.25) is 0 Å². The van der Waals surface area contributed by atoms with Crippen molar-refractivity contribution < 1.29 is 6.22 Å². The summed E-state index contributed by atoms with van der Waals surface area (Å²) in [4.78, 5) is 27.2. The van der Waals surface area contributed by atoms with E-state index in [1.54, 1.807) is 24.5 Å². The monoisotopic (exact) mass is 341 g/mol. The lowest BCUT2D eigenvalue weighted by Crippen LogP contribution is -2.64. The maximum Gasteiger partial charge on any atom is 0.323 e. The largest absolute Gasteiger partial charge is 0.323 e. The van der Waals surface area contributed by atoms with Gasteiger partial charge in [-0.3, -0.25) is 5.32 Å². The first-order valence-electron chi connectivity index (χ1n) is 8.72. The molecule has 2 atom stereocenters. The van der Waals surface area contributed by atoms with Crippen LogP contribution in [0.4, 0.5) is 4.79 Å². The van der Waals surface area contributed by atoms with E-state index in [9.17, 15) is 4.79 Å². The summed E-state index contributed by atoms with van der Waals surface area (Å²) in [6.45, 7) is 9.80. The number of amides is 2. The quantitative estimate of drug-likeness (QED) is 0.671. The van der Waals surface area contributed by atoms with Crippen molar-refractivity contribution in [3.05, 3.63) is 41.8 Å². The number of nitrogens with zero attached hydrogens (tertiary/aromatic N) is 4. The van der Waals surface area contributed by atoms with Crippen molar-refractivity contribution in [3.8, 4) is 0 Å². The third-order valence-electron chi connectivity index (χ3n) is 4.95. The third kappa shape index (κ3) is 3.62. The van der Waals surface area contributed by atoms with E-state index >= 15 is 0 Å². The first kappa shape index (κ1) is 17.3. The average Bonchev–Trinajstić information content (AvgIpc) is 2.58. The summed E-state index contributed by atoms with van der Waals surface area (Å²) in [7, 11) is 0. The molecule has 2 aliphatic rings. The van der Waals surface area contributed by atoms with Gasteiger partial charge in [-0.2, -0.15) is 0 Å². The van der Waals surface area contributed by atoms with E-state index in [4.69, 9.17) is 0 Å². The topological polar surface area (TPSA) is 70.5 Å². The molecule has 2 aliphatic heterocycles. The Morgan fingerprint density at radius 1 is 1.32 bits per heavy atom. The molecule has 2 bridgehead atoms. The molecule has 1 N–H and O–H groups in total. The van der Waals surface area contributed by atoms with Gasteiger partial charge in [-0.1, -0.05) is 12.5 Å². The predicted octanol–water partition coefficient (Wildman–Crippen LogP) is 3.64. The molecule has 6 nitrogen and oxygen atoms in total. The van der Waals surface area contributed by atoms with Gasteiger partial charge in [0.2, 0.25) is 0 Å². The van der Waals surface area contributed by atoms with Crippen molar-refractivity contribution in [3.63, 3.8) is 0 Å². The normalized spacial score (nSPS) is 25.0. The number of hydrogen-bond donors (Lipinski definition) is 1. The molecule has 0 radical (unpaired) electrons. The molecule has 0 aliphatic carbocycles. The van der Waals surface area contributed by atoms with Gasteiger partial charge in [-0.05, 0) is 57.9 Å². The molecule has 2 fully saturated rings. The number of urea groups is 1. The van der Waals surface area contributed by atoms with E-state index in [0.29, 0.717) is 29.6 Å². The fourth-order valence-corrected chi connectivity index (χ4v) is 3.78. The zero-order valence-corrected chi connectivity index (χ0v) is 15.1. The molecule has 3 heterocycles. The average molecular weight is 341 g/mol. The number of piperidine rings is 1. The van der Waals surface area contributed by atoms with E-state index in [1.807, 2.05) is 18.7 Å². The zero-order valence-electron chi connectivity index (χ0n) is 15.1. The van der Waals surface area contributed by atoms with Gasteiger partial charge in [0.05, 0.1) is 0 Å². The Labute approximate surface area is 150 Å². The highest BCUT2D eigenvalue weighted by molar-refractivity contribution is 5.80. The van der Waals surface area contributed by atoms with Crippen molar-refractivity contribution in [1.29, 1.82) is 0 Å². The van der Waals surface area contributed by atoms with E-state index in [2.05, 4.69) is 33.9 Å². The molecule has 6 heteroatoms. The van der Waals surface area contributed by atoms with Crippen LogP contribution in [-0.2, 0) is 0 Å². The van der Waals surface area contributed by atoms with Crippen LogP contribution in [-0.4, -0.2) is 39.7 Å². The lowest BCUT2D eigenvalue weighted by Gasteiger charge is -2.54. The Hall–Kier alpha value is -2.50. The summed E-state index contributed by atoms with van der Waals surface area (Å²) >= 11 is 0. The maximum atomic E-state index is 12.6. The van der Waals surface area contributed by atoms with E-state index in [1.165, 1.54) is 0 Å². The number of carbonyl (C=O) groups excluding carboxylic acids is 1. The van der Waals surface area contributed by atoms with Gasteiger partial charge >= 0.3 is 6.03 Å². The minimum Gasteiger partial charge on any atom is -0.318 e. The molecule has 2 saturated heterocycles. The number of rotatable bonds is 4. The molecule has 25 heavy (non-hydrogen) atoms. The van der Waals surface area contributed by atoms with Crippen LogP contribution in [0.15, 0.2) is 40.9 Å². The molecular weight excluding hydrogens is 314 g/mol. The van der Waals surface area contributed by atoms with Gasteiger partial charge in [0.25, 0.3) is 0 Å². The number of nitrogens with one attached hydrogen (secondary N) is 1. The summed E-state index contributed by atoms with van der Waals surface area (Å²) in [5.74, 6) is 1.73. The summed E-state index contributed by atoms with van der Waals surface area (Å²) in [5, 5.41) is 2.90. The molecule has 0 saturated carbocycles. The number of aliphatic imine (C=N–C) groups is 1. The van der Waals surface area contributed by atoms with Gasteiger partial charge in [0.1, 0.15) is 5.82 Å². The number of aromatic nitrogens is 2. The lowest BCUT2D eigenvalue weighted by atomic mass is 9.74. The Morgan fingerprint density at radius 2 is 1.96 bits per heavy atom. The molecule has 2 unspecified atom stereocenters. The van der Waals surface area contributed by atoms with Crippen molar-refractivity contribution in [2.45, 2.75) is 52.1 Å². The highest BCUT2D eigenvalue weighted by atomic mass is 16.2. The molecule has 2 amide bonds. The molecule has 3 rings (SSSR count). The predicted molar refractivity (Wildman–Crippen MR) is 101 cm³/mol. The second-order valence-corrected chi connectivity index (χ2v) is 7.13. The second kappa shape index (κ2) is 7.17. The molecule has 0 spiro atoms. The SMILES string of the molecule is C=N/C(=C\C(=C(C)C)c1ncccn1)NC(=O)N1C2CC(C)CC1C2.[HH]. The van der Waals surface area contributed by atoms with Crippen LogP contribution >= 0.6 is 0 Å². The molecular formula is C19H27N5O. The highest BCUT2D eigenvalue weighted by Gasteiger charge is 2.46. The van der Waals surface area contributed by atoms with Crippen LogP contribution < -0.4 is 5.32 Å². The Morgan fingerprint density at radius 3 is 2.52 bits per heavy atom. The van der Waals surface area contributed by atoms with Crippen LogP contribution in [0.25, 0.3) is 5.57 Å². The van der Waals surface area contributed by atoms with Gasteiger partial charge in [0, 0.05) is 31.5 Å². The molecule has 134 valence electrons. The highest BCUT2D eigenvalue weighted by Crippen LogP contribution is 2.41. The minimum atomic E-state index is -0.0890. The van der Waals surface area contributed by atoms with Gasteiger partial charge < -0.3 is 4.90 Å². The van der Waals surface area contributed by atoms with Gasteiger partial charge in [-0.25, -0.2) is 19.8 Å². The first-order valence-corrected chi connectivity index (χ1v) is 8.72. The fourth-order valence-electron chi connectivity index (χ4n) is 3.78. The summed E-state index contributed by atoms with van der Waals surface area (Å²) in [6.07, 6.45) is 8.47. The van der Waals surface area contributed by atoms with Crippen LogP contribution in [0, 0.1) is 5.92 Å². The van der Waals surface area contributed by atoms with Gasteiger partial charge in [0.15, 0.2) is 5.82 Å². The van der Waals surface area contributed by atoms with Crippen molar-refractivity contribution in [2.24, 2.45) is 10.9 Å². The van der Waals surface area contributed by atoms with E-state index in [-0.39, 0.29) is 7.46 Å². The lowest BCUT2D eigenvalue weighted by molar-refractivity contribution is -0.0103. The van der Waals surface area contributed by atoms with Crippen LogP contribution in [0.5, 0.6) is 0 Å². The minimum absolute atomic E-state index is 0. The number of hydrogen-bond acceptors (Lipinski definition) is 4. The van der Waals surface area contributed by atoms with Crippen molar-refractivity contribution in [2.75, 3.05) is 0 Å². The van der Waals surface area contributed by atoms with Crippen LogP contribution in [0.3, 0.4) is 0 Å². The van der Waals surface area contributed by atoms with E-state index in [0.717, 1.165) is 30.4 Å². The zero-order chi connectivity index (χ0) is 18.0. The number of fused-ring (bicyclic) bond motifs is 2. The van der Waals surface area contributed by atoms with E-state index < -0.39 is 0 Å².